The van der Waals surface area contributed by atoms with E-state index in [1.807, 2.05) is 0 Å². The summed E-state index contributed by atoms with van der Waals surface area (Å²) in [5.41, 5.74) is -2.60. The van der Waals surface area contributed by atoms with Gasteiger partial charge in [0.15, 0.2) is 155 Å². The Bertz CT molecular complexity index is 3750. The molecule has 9 aromatic carbocycles. The standard InChI is InChI=1S/9C7H6O5.3Y/c9*8-4-1-3(7(11)12)2-5(9)6(4)10;;;/h9*1-2,8-10H,(H,11,12);;;. The molecule has 0 bridgehead atoms. The fourth-order valence-electron chi connectivity index (χ4n) is 6.55. The third-order valence-corrected chi connectivity index (χ3v) is 11.8. The van der Waals surface area contributed by atoms with E-state index in [9.17, 15) is 43.2 Å². The molecular weight excluding hydrogens is 1740 g/mol. The zero-order chi connectivity index (χ0) is 83.7. The van der Waals surface area contributed by atoms with Gasteiger partial charge in [0, 0.05) is 98.1 Å². The van der Waals surface area contributed by atoms with Crippen LogP contribution < -0.4 is 0 Å². The molecule has 0 saturated carbocycles. The van der Waals surface area contributed by atoms with E-state index in [2.05, 4.69) is 0 Å². The number of benzene rings is 9. The second kappa shape index (κ2) is 44.9. The molecule has 0 amide bonds. The Hall–Kier alpha value is -13.9. The molecule has 36 N–H and O–H groups in total. The fourth-order valence-corrected chi connectivity index (χ4v) is 6.55. The minimum absolute atomic E-state index is 0. The molecule has 111 heavy (non-hydrogen) atoms. The number of rotatable bonds is 9. The maximum Gasteiger partial charge on any atom is 0.335 e. The van der Waals surface area contributed by atoms with E-state index in [1.165, 1.54) is 0 Å². The summed E-state index contributed by atoms with van der Waals surface area (Å²) in [6.07, 6.45) is 0. The van der Waals surface area contributed by atoms with Gasteiger partial charge in [-0.1, -0.05) is 0 Å². The number of carboxylic acids is 9. The normalized spacial score (nSPS) is 9.41. The molecule has 9 rings (SSSR count). The topological polar surface area (TPSA) is 882 Å². The van der Waals surface area contributed by atoms with Gasteiger partial charge in [-0.05, 0) is 109 Å². The number of carbonyl (C=O) groups is 9. The average Bonchev–Trinajstić information content (AvgIpc) is 0.927. The Morgan fingerprint density at radius 1 is 0.126 bits per heavy atom. The summed E-state index contributed by atoms with van der Waals surface area (Å²) in [5, 5.41) is 315. The van der Waals surface area contributed by atoms with Crippen LogP contribution in [0.15, 0.2) is 109 Å². The summed E-state index contributed by atoms with van der Waals surface area (Å²) >= 11 is 0. The van der Waals surface area contributed by atoms with Crippen molar-refractivity contribution in [2.45, 2.75) is 0 Å². The Morgan fingerprint density at radius 3 is 0.207 bits per heavy atom. The molecule has 45 nitrogen and oxygen atoms in total. The second-order valence-corrected chi connectivity index (χ2v) is 19.5. The van der Waals surface area contributed by atoms with E-state index < -0.39 is 209 Å². The molecule has 585 valence electrons. The molecule has 48 heteroatoms. The first-order chi connectivity index (χ1) is 49.7. The van der Waals surface area contributed by atoms with Crippen molar-refractivity contribution >= 4 is 53.7 Å². The Kier molecular flexibility index (Phi) is 41.0. The van der Waals surface area contributed by atoms with Crippen LogP contribution in [0.3, 0.4) is 0 Å². The van der Waals surface area contributed by atoms with Crippen LogP contribution in [-0.4, -0.2) is 238 Å². The molecule has 0 aliphatic carbocycles. The number of hydrogen-bond donors (Lipinski definition) is 36. The van der Waals surface area contributed by atoms with Crippen molar-refractivity contribution in [3.8, 4) is 155 Å². The van der Waals surface area contributed by atoms with Crippen molar-refractivity contribution in [1.82, 2.24) is 0 Å². The van der Waals surface area contributed by atoms with Crippen LogP contribution >= 0.6 is 0 Å². The second-order valence-electron chi connectivity index (χ2n) is 19.5. The van der Waals surface area contributed by atoms with Gasteiger partial charge in [-0.15, -0.1) is 0 Å². The number of phenols is 27. The molecule has 3 radical (unpaired) electrons. The van der Waals surface area contributed by atoms with Crippen LogP contribution in [0.5, 0.6) is 155 Å². The first-order valence-corrected chi connectivity index (χ1v) is 27.0. The van der Waals surface area contributed by atoms with Gasteiger partial charge in [-0.2, -0.15) is 0 Å². The van der Waals surface area contributed by atoms with Gasteiger partial charge in [0.1, 0.15) is 0 Å². The summed E-state index contributed by atoms with van der Waals surface area (Å²) < 4.78 is 0. The van der Waals surface area contributed by atoms with Gasteiger partial charge in [-0.25, -0.2) is 43.2 Å². The fraction of sp³-hybridized carbons (Fsp3) is 0. The molecule has 0 unspecified atom stereocenters. The predicted octanol–water partition coefficient (Wildman–Crippen LogP) is 4.51. The van der Waals surface area contributed by atoms with E-state index in [-0.39, 0.29) is 148 Å². The summed E-state index contributed by atoms with van der Waals surface area (Å²) in [7, 11) is 0. The molecule has 0 spiro atoms. The van der Waals surface area contributed by atoms with Crippen molar-refractivity contribution < 1.29 is 325 Å². The minimum atomic E-state index is -1.29. The molecular formula is C63H54O45Y3. The van der Waals surface area contributed by atoms with E-state index in [0.717, 1.165) is 109 Å². The molecule has 0 aromatic heterocycles. The molecule has 0 atom stereocenters. The summed E-state index contributed by atoms with van der Waals surface area (Å²) in [4.78, 5) is 92.8. The van der Waals surface area contributed by atoms with Crippen LogP contribution in [0.1, 0.15) is 93.2 Å². The van der Waals surface area contributed by atoms with E-state index in [0.29, 0.717) is 0 Å². The smallest absolute Gasteiger partial charge is 0.335 e. The van der Waals surface area contributed by atoms with Gasteiger partial charge >= 0.3 is 53.7 Å². The third-order valence-electron chi connectivity index (χ3n) is 11.8. The Labute approximate surface area is 687 Å². The third kappa shape index (κ3) is 30.9. The first kappa shape index (κ1) is 101. The largest absolute Gasteiger partial charge is 0.504 e. The van der Waals surface area contributed by atoms with Gasteiger partial charge in [0.05, 0.1) is 50.1 Å². The van der Waals surface area contributed by atoms with E-state index >= 15 is 0 Å². The van der Waals surface area contributed by atoms with Crippen molar-refractivity contribution in [2.75, 3.05) is 0 Å². The molecule has 0 heterocycles. The van der Waals surface area contributed by atoms with Crippen molar-refractivity contribution in [2.24, 2.45) is 0 Å². The molecule has 0 aliphatic rings. The van der Waals surface area contributed by atoms with Crippen molar-refractivity contribution in [1.29, 1.82) is 0 Å². The van der Waals surface area contributed by atoms with Crippen LogP contribution in [0.25, 0.3) is 0 Å². The average molecular weight is 1800 g/mol. The van der Waals surface area contributed by atoms with E-state index in [4.69, 9.17) is 184 Å². The number of phenolic OH excluding ortho intramolecular Hbond substituents is 27. The molecule has 0 fully saturated rings. The molecule has 0 saturated heterocycles. The molecule has 0 aliphatic heterocycles. The maximum absolute atomic E-state index is 10.3. The molecule has 9 aromatic rings. The van der Waals surface area contributed by atoms with Crippen LogP contribution in [0.4, 0.5) is 0 Å². The van der Waals surface area contributed by atoms with Gasteiger partial charge in [0.25, 0.3) is 0 Å². The van der Waals surface area contributed by atoms with Crippen LogP contribution in [0.2, 0.25) is 0 Å². The quantitative estimate of drug-likeness (QED) is 0.0884. The first-order valence-electron chi connectivity index (χ1n) is 27.0. The van der Waals surface area contributed by atoms with Crippen LogP contribution in [-0.2, 0) is 98.1 Å². The Balaban J connectivity index is -0.00000118. The number of aromatic carboxylic acids is 9. The van der Waals surface area contributed by atoms with Gasteiger partial charge in [0.2, 0.25) is 0 Å². The number of carboxylic acid groups (broad SMARTS) is 9. The number of aromatic hydroxyl groups is 27. The minimum Gasteiger partial charge on any atom is -0.504 e. The predicted molar refractivity (Wildman–Crippen MR) is 346 cm³/mol. The summed E-state index contributed by atoms with van der Waals surface area (Å²) in [6.45, 7) is 0. The zero-order valence-corrected chi connectivity index (χ0v) is 62.9. The Morgan fingerprint density at radius 2 is 0.171 bits per heavy atom. The van der Waals surface area contributed by atoms with Crippen molar-refractivity contribution in [3.05, 3.63) is 159 Å². The monoisotopic (exact) mass is 1800 g/mol. The van der Waals surface area contributed by atoms with E-state index in [1.54, 1.807) is 0 Å². The zero-order valence-electron chi connectivity index (χ0n) is 54.4. The van der Waals surface area contributed by atoms with Crippen molar-refractivity contribution in [3.63, 3.8) is 0 Å². The SMILES string of the molecule is O=C(O)c1cc(O)c(O)c(O)c1.O=C(O)c1cc(O)c(O)c(O)c1.O=C(O)c1cc(O)c(O)c(O)c1.O=C(O)c1cc(O)c(O)c(O)c1.O=C(O)c1cc(O)c(O)c(O)c1.O=C(O)c1cc(O)c(O)c(O)c1.O=C(O)c1cc(O)c(O)c(O)c1.O=C(O)c1cc(O)c(O)c(O)c1.O=C(O)c1cc(O)c(O)c(O)c1.[Y].[Y].[Y]. The summed E-state index contributed by atoms with van der Waals surface area (Å²) in [6, 6.07) is 15.2. The number of hydrogen-bond acceptors (Lipinski definition) is 36. The van der Waals surface area contributed by atoms with Gasteiger partial charge in [-0.3, -0.25) is 0 Å². The maximum atomic E-state index is 10.3. The van der Waals surface area contributed by atoms with Crippen LogP contribution in [0, 0.1) is 0 Å². The van der Waals surface area contributed by atoms with Gasteiger partial charge < -0.3 is 184 Å². The summed E-state index contributed by atoms with van der Waals surface area (Å²) in [5.74, 6) is -30.0.